The van der Waals surface area contributed by atoms with E-state index in [2.05, 4.69) is 23.7 Å². The van der Waals surface area contributed by atoms with Crippen molar-refractivity contribution in [1.29, 1.82) is 0 Å². The first kappa shape index (κ1) is 24.1. The number of anilines is 2. The van der Waals surface area contributed by atoms with Gasteiger partial charge in [-0.1, -0.05) is 11.3 Å². The minimum Gasteiger partial charge on any atom is -0.372 e. The van der Waals surface area contributed by atoms with Crippen LogP contribution in [0.4, 0.5) is 15.2 Å². The van der Waals surface area contributed by atoms with Crippen molar-refractivity contribution in [3.63, 3.8) is 0 Å². The average Bonchev–Trinajstić information content (AvgIpc) is 3.12. The van der Waals surface area contributed by atoms with Crippen LogP contribution in [0.15, 0.2) is 42.5 Å². The smallest absolute Gasteiger partial charge is 0.260 e. The van der Waals surface area contributed by atoms with Crippen LogP contribution in [0.2, 0.25) is 0 Å². The topological polar surface area (TPSA) is 39.7 Å². The summed E-state index contributed by atoms with van der Waals surface area (Å²) in [6.45, 7) is 7.27. The molecule has 5 nitrogen and oxygen atoms in total. The fraction of sp³-hybridized carbons (Fsp3) is 0.364. The molecule has 0 N–H and O–H groups in total. The van der Waals surface area contributed by atoms with Crippen molar-refractivity contribution in [1.82, 2.24) is 9.88 Å². The minimum absolute atomic E-state index is 0. The van der Waals surface area contributed by atoms with Gasteiger partial charge in [-0.05, 0) is 70.4 Å². The first-order valence-electron chi connectivity index (χ1n) is 9.80. The van der Waals surface area contributed by atoms with E-state index in [4.69, 9.17) is 0 Å². The third-order valence-electron chi connectivity index (χ3n) is 4.83. The predicted molar refractivity (Wildman–Crippen MR) is 127 cm³/mol. The van der Waals surface area contributed by atoms with Crippen LogP contribution in [0.25, 0.3) is 10.2 Å². The third-order valence-corrected chi connectivity index (χ3v) is 5.87. The van der Waals surface area contributed by atoms with Crippen LogP contribution in [0.5, 0.6) is 0 Å². The number of rotatable bonds is 8. The van der Waals surface area contributed by atoms with Crippen LogP contribution in [-0.2, 0) is 0 Å². The predicted octanol–water partition coefficient (Wildman–Crippen LogP) is 4.91. The molecule has 0 aliphatic rings. The van der Waals surface area contributed by atoms with Gasteiger partial charge < -0.3 is 9.80 Å². The maximum atomic E-state index is 13.6. The van der Waals surface area contributed by atoms with E-state index in [-0.39, 0.29) is 24.1 Å². The van der Waals surface area contributed by atoms with Gasteiger partial charge in [-0.15, -0.1) is 12.4 Å². The molecular weight excluding hydrogens is 423 g/mol. The largest absolute Gasteiger partial charge is 0.372 e. The van der Waals surface area contributed by atoms with Gasteiger partial charge in [0.15, 0.2) is 5.13 Å². The molecule has 1 heterocycles. The van der Waals surface area contributed by atoms with E-state index in [1.54, 1.807) is 11.0 Å². The lowest BCUT2D eigenvalue weighted by atomic mass is 10.1. The van der Waals surface area contributed by atoms with Gasteiger partial charge in [0.05, 0.1) is 10.2 Å². The second-order valence-corrected chi connectivity index (χ2v) is 8.10. The molecule has 8 heteroatoms. The zero-order valence-electron chi connectivity index (χ0n) is 17.8. The Kier molecular flexibility index (Phi) is 8.58. The number of carbonyl (C=O) groups excluding carboxylic acids is 1. The SMILES string of the molecule is CCN(CC)c1ccc(C(=O)N(CCN(C)C)c2nc3ccc(F)cc3s2)cc1.Cl. The summed E-state index contributed by atoms with van der Waals surface area (Å²) in [4.78, 5) is 23.8. The summed E-state index contributed by atoms with van der Waals surface area (Å²) in [5, 5.41) is 0.588. The summed E-state index contributed by atoms with van der Waals surface area (Å²) < 4.78 is 14.3. The molecule has 0 fully saturated rings. The number of thiazole rings is 1. The Morgan fingerprint density at radius 2 is 1.70 bits per heavy atom. The lowest BCUT2D eigenvalue weighted by Crippen LogP contribution is -2.36. The van der Waals surface area contributed by atoms with Gasteiger partial charge in [0, 0.05) is 37.4 Å². The number of fused-ring (bicyclic) bond motifs is 1. The molecule has 0 saturated carbocycles. The zero-order chi connectivity index (χ0) is 21.0. The Hall–Kier alpha value is -2.22. The van der Waals surface area contributed by atoms with E-state index in [0.717, 1.165) is 23.5 Å². The molecule has 0 aliphatic heterocycles. The maximum absolute atomic E-state index is 13.6. The highest BCUT2D eigenvalue weighted by atomic mass is 35.5. The highest BCUT2D eigenvalue weighted by molar-refractivity contribution is 7.22. The Morgan fingerprint density at radius 3 is 2.30 bits per heavy atom. The number of carbonyl (C=O) groups is 1. The van der Waals surface area contributed by atoms with Crippen LogP contribution in [0.3, 0.4) is 0 Å². The molecule has 3 rings (SSSR count). The number of aromatic nitrogens is 1. The van der Waals surface area contributed by atoms with Gasteiger partial charge in [0.2, 0.25) is 0 Å². The van der Waals surface area contributed by atoms with Gasteiger partial charge in [0.25, 0.3) is 5.91 Å². The first-order chi connectivity index (χ1) is 13.9. The molecule has 1 amide bonds. The molecule has 30 heavy (non-hydrogen) atoms. The maximum Gasteiger partial charge on any atom is 0.260 e. The summed E-state index contributed by atoms with van der Waals surface area (Å²) in [6, 6.07) is 12.2. The van der Waals surface area contributed by atoms with Crippen molar-refractivity contribution in [2.24, 2.45) is 0 Å². The zero-order valence-corrected chi connectivity index (χ0v) is 19.4. The normalized spacial score (nSPS) is 10.9. The van der Waals surface area contributed by atoms with Crippen molar-refractivity contribution in [2.75, 3.05) is 50.1 Å². The fourth-order valence-electron chi connectivity index (χ4n) is 3.15. The first-order valence-corrected chi connectivity index (χ1v) is 10.6. The Labute approximate surface area is 187 Å². The fourth-order valence-corrected chi connectivity index (χ4v) is 4.16. The van der Waals surface area contributed by atoms with E-state index in [0.29, 0.717) is 29.3 Å². The number of likely N-dealkylation sites (N-methyl/N-ethyl adjacent to an activating group) is 1. The molecule has 0 atom stereocenters. The van der Waals surface area contributed by atoms with Crippen LogP contribution < -0.4 is 9.80 Å². The molecule has 0 radical (unpaired) electrons. The number of amides is 1. The molecule has 2 aromatic carbocycles. The average molecular weight is 451 g/mol. The molecule has 0 spiro atoms. The number of benzene rings is 2. The standard InChI is InChI=1S/C22H27FN4OS.ClH/c1-5-26(6-2)18-10-7-16(8-11-18)21(28)27(14-13-25(3)4)22-24-19-12-9-17(23)15-20(19)29-22;/h7-12,15H,5-6,13-14H2,1-4H3;1H. The molecule has 3 aromatic rings. The van der Waals surface area contributed by atoms with Gasteiger partial charge in [-0.2, -0.15) is 0 Å². The summed E-state index contributed by atoms with van der Waals surface area (Å²) in [5.74, 6) is -0.400. The minimum atomic E-state index is -0.300. The summed E-state index contributed by atoms with van der Waals surface area (Å²) in [6.07, 6.45) is 0. The summed E-state index contributed by atoms with van der Waals surface area (Å²) in [5.41, 5.74) is 2.41. The summed E-state index contributed by atoms with van der Waals surface area (Å²) >= 11 is 1.34. The molecular formula is C22H28ClFN4OS. The van der Waals surface area contributed by atoms with Crippen LogP contribution in [0, 0.1) is 5.82 Å². The Bertz CT molecular complexity index is 973. The lowest BCUT2D eigenvalue weighted by Gasteiger charge is -2.23. The second-order valence-electron chi connectivity index (χ2n) is 7.09. The van der Waals surface area contributed by atoms with E-state index in [9.17, 15) is 9.18 Å². The molecule has 0 aliphatic carbocycles. The second kappa shape index (κ2) is 10.7. The van der Waals surface area contributed by atoms with E-state index in [1.165, 1.54) is 23.5 Å². The van der Waals surface area contributed by atoms with Gasteiger partial charge in [-0.3, -0.25) is 9.69 Å². The monoisotopic (exact) mass is 450 g/mol. The molecule has 1 aromatic heterocycles. The Balaban J connectivity index is 0.00000320. The summed E-state index contributed by atoms with van der Waals surface area (Å²) in [7, 11) is 3.94. The van der Waals surface area contributed by atoms with E-state index < -0.39 is 0 Å². The number of hydrogen-bond acceptors (Lipinski definition) is 5. The van der Waals surface area contributed by atoms with Crippen LogP contribution in [-0.4, -0.2) is 56.1 Å². The van der Waals surface area contributed by atoms with Crippen molar-refractivity contribution >= 4 is 50.7 Å². The van der Waals surface area contributed by atoms with E-state index in [1.807, 2.05) is 43.3 Å². The molecule has 0 saturated heterocycles. The van der Waals surface area contributed by atoms with Gasteiger partial charge in [0.1, 0.15) is 5.82 Å². The van der Waals surface area contributed by atoms with Crippen molar-refractivity contribution < 1.29 is 9.18 Å². The highest BCUT2D eigenvalue weighted by Gasteiger charge is 2.22. The van der Waals surface area contributed by atoms with Crippen molar-refractivity contribution in [3.05, 3.63) is 53.8 Å². The quantitative estimate of drug-likeness (QED) is 0.488. The number of nitrogens with zero attached hydrogens (tertiary/aromatic N) is 4. The van der Waals surface area contributed by atoms with E-state index >= 15 is 0 Å². The van der Waals surface area contributed by atoms with Crippen LogP contribution in [0.1, 0.15) is 24.2 Å². The molecule has 0 unspecified atom stereocenters. The van der Waals surface area contributed by atoms with Crippen molar-refractivity contribution in [3.8, 4) is 0 Å². The third kappa shape index (κ3) is 5.47. The van der Waals surface area contributed by atoms with Gasteiger partial charge >= 0.3 is 0 Å². The van der Waals surface area contributed by atoms with Crippen molar-refractivity contribution in [2.45, 2.75) is 13.8 Å². The molecule has 0 bridgehead atoms. The lowest BCUT2D eigenvalue weighted by molar-refractivity contribution is 0.0985. The highest BCUT2D eigenvalue weighted by Crippen LogP contribution is 2.30. The Morgan fingerprint density at radius 1 is 1.03 bits per heavy atom. The number of halogens is 2. The molecule has 162 valence electrons. The van der Waals surface area contributed by atoms with Gasteiger partial charge in [-0.25, -0.2) is 9.37 Å². The van der Waals surface area contributed by atoms with Crippen LogP contribution >= 0.6 is 23.7 Å². The number of hydrogen-bond donors (Lipinski definition) is 0.